The van der Waals surface area contributed by atoms with Crippen LogP contribution in [0.3, 0.4) is 0 Å². The summed E-state index contributed by atoms with van der Waals surface area (Å²) in [6.07, 6.45) is -3.47. The van der Waals surface area contributed by atoms with Crippen LogP contribution in [-0.4, -0.2) is 29.8 Å². The van der Waals surface area contributed by atoms with Gasteiger partial charge in [0.1, 0.15) is 0 Å². The summed E-state index contributed by atoms with van der Waals surface area (Å²) in [4.78, 5) is 24.5. The Labute approximate surface area is 136 Å². The molecule has 1 aromatic carbocycles. The van der Waals surface area contributed by atoms with Crippen LogP contribution in [0.25, 0.3) is 0 Å². The highest BCUT2D eigenvalue weighted by Gasteiger charge is 2.33. The smallest absolute Gasteiger partial charge is 0.350 e. The van der Waals surface area contributed by atoms with Gasteiger partial charge in [0, 0.05) is 13.1 Å². The molecule has 1 aromatic rings. The van der Waals surface area contributed by atoms with Crippen molar-refractivity contribution in [3.8, 4) is 0 Å². The number of carbonyl (C=O) groups is 2. The van der Waals surface area contributed by atoms with E-state index in [0.717, 1.165) is 18.2 Å². The summed E-state index contributed by atoms with van der Waals surface area (Å²) in [7, 11) is 0. The van der Waals surface area contributed by atoms with E-state index in [2.05, 4.69) is 11.9 Å². The van der Waals surface area contributed by atoms with Crippen LogP contribution < -0.4 is 5.32 Å². The van der Waals surface area contributed by atoms with Gasteiger partial charge in [-0.2, -0.15) is 13.2 Å². The molecule has 0 spiro atoms. The van der Waals surface area contributed by atoms with E-state index in [-0.39, 0.29) is 18.7 Å². The molecule has 4 nitrogen and oxygen atoms in total. The van der Waals surface area contributed by atoms with E-state index in [1.54, 1.807) is 6.92 Å². The maximum atomic E-state index is 12.7. The maximum absolute atomic E-state index is 12.7. The molecule has 2 amide bonds. The number of hydrogen-bond acceptors (Lipinski definition) is 2. The number of halogens is 4. The molecule has 0 saturated heterocycles. The van der Waals surface area contributed by atoms with Gasteiger partial charge in [0.15, 0.2) is 0 Å². The lowest BCUT2D eigenvalue weighted by atomic mass is 10.1. The van der Waals surface area contributed by atoms with Gasteiger partial charge in [-0.1, -0.05) is 24.2 Å². The average molecular weight is 349 g/mol. The van der Waals surface area contributed by atoms with Crippen LogP contribution in [0, 0.1) is 0 Å². The number of amides is 2. The molecular formula is C15H16ClF3N2O2. The molecule has 0 aliphatic rings. The van der Waals surface area contributed by atoms with Crippen molar-refractivity contribution < 1.29 is 22.8 Å². The molecule has 0 bridgehead atoms. The topological polar surface area (TPSA) is 49.4 Å². The largest absolute Gasteiger partial charge is 0.417 e. The van der Waals surface area contributed by atoms with Crippen molar-refractivity contribution in [3.05, 3.63) is 47.0 Å². The first-order chi connectivity index (χ1) is 10.7. The molecule has 0 atom stereocenters. The summed E-state index contributed by atoms with van der Waals surface area (Å²) in [6, 6.07) is 3.41. The van der Waals surface area contributed by atoms with Crippen LogP contribution in [0.1, 0.15) is 18.1 Å². The summed E-state index contributed by atoms with van der Waals surface area (Å²) < 4.78 is 38.2. The van der Waals surface area contributed by atoms with E-state index in [9.17, 15) is 22.8 Å². The second-order valence-corrected chi connectivity index (χ2v) is 5.05. The minimum absolute atomic E-state index is 0.0983. The number of nitrogens with zero attached hydrogens (tertiary/aromatic N) is 1. The van der Waals surface area contributed by atoms with E-state index in [0.29, 0.717) is 6.54 Å². The van der Waals surface area contributed by atoms with Crippen molar-refractivity contribution in [1.29, 1.82) is 0 Å². The van der Waals surface area contributed by atoms with Crippen molar-refractivity contribution in [2.45, 2.75) is 19.6 Å². The molecule has 0 aliphatic carbocycles. The first kappa shape index (κ1) is 19.0. The minimum Gasteiger partial charge on any atom is -0.350 e. The van der Waals surface area contributed by atoms with Gasteiger partial charge in [0.05, 0.1) is 17.1 Å². The number of alkyl halides is 3. The van der Waals surface area contributed by atoms with E-state index >= 15 is 0 Å². The molecule has 0 aliphatic heterocycles. The minimum atomic E-state index is -4.56. The number of benzene rings is 1. The number of nitrogens with one attached hydrogen (secondary N) is 1. The van der Waals surface area contributed by atoms with Gasteiger partial charge in [-0.25, -0.2) is 0 Å². The lowest BCUT2D eigenvalue weighted by Gasteiger charge is -2.18. The highest BCUT2D eigenvalue weighted by atomic mass is 35.5. The lowest BCUT2D eigenvalue weighted by Crippen LogP contribution is -2.39. The lowest BCUT2D eigenvalue weighted by molar-refractivity contribution is -0.137. The third-order valence-electron chi connectivity index (χ3n) is 3.03. The van der Waals surface area contributed by atoms with Crippen molar-refractivity contribution in [2.24, 2.45) is 0 Å². The quantitative estimate of drug-likeness (QED) is 0.803. The van der Waals surface area contributed by atoms with Crippen molar-refractivity contribution >= 4 is 23.4 Å². The Hall–Kier alpha value is -2.02. The van der Waals surface area contributed by atoms with Crippen molar-refractivity contribution in [2.75, 3.05) is 13.1 Å². The second kappa shape index (κ2) is 8.01. The van der Waals surface area contributed by atoms with Gasteiger partial charge in [0.2, 0.25) is 11.8 Å². The molecule has 0 fully saturated rings. The number of rotatable bonds is 6. The average Bonchev–Trinajstić information content (AvgIpc) is 2.49. The number of hydrogen-bond donors (Lipinski definition) is 1. The highest BCUT2D eigenvalue weighted by molar-refractivity contribution is 6.31. The van der Waals surface area contributed by atoms with Crippen LogP contribution in [0.4, 0.5) is 13.2 Å². The van der Waals surface area contributed by atoms with Gasteiger partial charge in [0.25, 0.3) is 0 Å². The molecule has 0 saturated carbocycles. The Morgan fingerprint density at radius 3 is 2.57 bits per heavy atom. The van der Waals surface area contributed by atoms with Crippen LogP contribution in [0.15, 0.2) is 30.9 Å². The zero-order chi connectivity index (χ0) is 17.6. The molecular weight excluding hydrogens is 333 g/mol. The maximum Gasteiger partial charge on any atom is 0.417 e. The number of likely N-dealkylation sites (N-methyl/N-ethyl adjacent to an activating group) is 1. The molecule has 126 valence electrons. The Bertz CT molecular complexity index is 603. The molecule has 0 unspecified atom stereocenters. The Morgan fingerprint density at radius 2 is 2.04 bits per heavy atom. The molecule has 8 heteroatoms. The van der Waals surface area contributed by atoms with E-state index in [4.69, 9.17) is 11.6 Å². The van der Waals surface area contributed by atoms with Crippen LogP contribution >= 0.6 is 11.6 Å². The summed E-state index contributed by atoms with van der Waals surface area (Å²) in [5.74, 6) is -0.876. The fourth-order valence-corrected chi connectivity index (χ4v) is 2.03. The van der Waals surface area contributed by atoms with E-state index in [1.807, 2.05) is 0 Å². The summed E-state index contributed by atoms with van der Waals surface area (Å²) in [5.41, 5.74) is -0.698. The zero-order valence-electron chi connectivity index (χ0n) is 12.4. The van der Waals surface area contributed by atoms with E-state index < -0.39 is 28.6 Å². The summed E-state index contributed by atoms with van der Waals surface area (Å²) in [6.45, 7) is 5.05. The summed E-state index contributed by atoms with van der Waals surface area (Å²) >= 11 is 5.52. The molecule has 0 heterocycles. The molecule has 1 rings (SSSR count). The predicted octanol–water partition coefficient (Wildman–Crippen LogP) is 3.01. The first-order valence-corrected chi connectivity index (χ1v) is 7.10. The molecule has 23 heavy (non-hydrogen) atoms. The molecule has 0 radical (unpaired) electrons. The standard InChI is InChI=1S/C15H16ClF3N2O2/c1-3-14(23)21(4-2)9-13(22)20-8-10-5-6-12(16)11(7-10)15(17,18)19/h3,5-7H,1,4,8-9H2,2H3,(H,20,22). The molecule has 1 N–H and O–H groups in total. The van der Waals surface area contributed by atoms with Crippen molar-refractivity contribution in [3.63, 3.8) is 0 Å². The third kappa shape index (κ3) is 5.59. The van der Waals surface area contributed by atoms with Gasteiger partial charge in [-0.15, -0.1) is 0 Å². The number of carbonyl (C=O) groups excluding carboxylic acids is 2. The van der Waals surface area contributed by atoms with Crippen molar-refractivity contribution in [1.82, 2.24) is 10.2 Å². The normalized spacial score (nSPS) is 11.0. The zero-order valence-corrected chi connectivity index (χ0v) is 13.2. The van der Waals surface area contributed by atoms with E-state index in [1.165, 1.54) is 11.0 Å². The van der Waals surface area contributed by atoms with Crippen LogP contribution in [0.2, 0.25) is 5.02 Å². The van der Waals surface area contributed by atoms with Gasteiger partial charge < -0.3 is 10.2 Å². The second-order valence-electron chi connectivity index (χ2n) is 4.65. The Morgan fingerprint density at radius 1 is 1.39 bits per heavy atom. The Balaban J connectivity index is 2.70. The third-order valence-corrected chi connectivity index (χ3v) is 3.36. The van der Waals surface area contributed by atoms with Gasteiger partial charge >= 0.3 is 6.18 Å². The fourth-order valence-electron chi connectivity index (χ4n) is 1.80. The monoisotopic (exact) mass is 348 g/mol. The van der Waals surface area contributed by atoms with Crippen LogP contribution in [-0.2, 0) is 22.3 Å². The van der Waals surface area contributed by atoms with Gasteiger partial charge in [-0.3, -0.25) is 9.59 Å². The summed E-state index contributed by atoms with van der Waals surface area (Å²) in [5, 5.41) is 2.06. The fraction of sp³-hybridized carbons (Fsp3) is 0.333. The Kier molecular flexibility index (Phi) is 6.62. The highest BCUT2D eigenvalue weighted by Crippen LogP contribution is 2.35. The van der Waals surface area contributed by atoms with Gasteiger partial charge in [-0.05, 0) is 30.7 Å². The molecule has 0 aromatic heterocycles. The predicted molar refractivity (Wildman–Crippen MR) is 80.8 cm³/mol. The SMILES string of the molecule is C=CC(=O)N(CC)CC(=O)NCc1ccc(Cl)c(C(F)(F)F)c1. The van der Waals surface area contributed by atoms with Crippen LogP contribution in [0.5, 0.6) is 0 Å². The first-order valence-electron chi connectivity index (χ1n) is 6.72.